The Labute approximate surface area is 130 Å². The fourth-order valence-corrected chi connectivity index (χ4v) is 2.25. The largest absolute Gasteiger partial charge is 0.313 e. The Morgan fingerprint density at radius 2 is 1.45 bits per heavy atom. The van der Waals surface area contributed by atoms with E-state index in [4.69, 9.17) is 5.73 Å². The van der Waals surface area contributed by atoms with Crippen LogP contribution in [0.15, 0.2) is 36.4 Å². The molecule has 2 amide bonds. The zero-order valence-electron chi connectivity index (χ0n) is 13.2. The van der Waals surface area contributed by atoms with Crippen molar-refractivity contribution in [1.82, 2.24) is 9.80 Å². The molecule has 3 rings (SSSR count). The number of hydrogen-bond acceptors (Lipinski definition) is 4. The van der Waals surface area contributed by atoms with E-state index < -0.39 is 0 Å². The van der Waals surface area contributed by atoms with Crippen LogP contribution in [0.2, 0.25) is 0 Å². The van der Waals surface area contributed by atoms with Gasteiger partial charge in [-0.1, -0.05) is 31.2 Å². The second-order valence-electron chi connectivity index (χ2n) is 5.33. The van der Waals surface area contributed by atoms with E-state index in [-0.39, 0.29) is 18.5 Å². The van der Waals surface area contributed by atoms with E-state index in [1.807, 2.05) is 24.3 Å². The minimum atomic E-state index is -0.318. The number of benzene rings is 2. The summed E-state index contributed by atoms with van der Waals surface area (Å²) in [7, 11) is 4.11. The summed E-state index contributed by atoms with van der Waals surface area (Å²) in [5.41, 5.74) is 6.54. The van der Waals surface area contributed by atoms with Crippen LogP contribution in [0.1, 0.15) is 27.6 Å². The molecule has 116 valence electrons. The SMILES string of the molecule is CCN(C)C.NCN1C(=O)c2cccc3cccc(c23)C1=O. The van der Waals surface area contributed by atoms with Crippen molar-refractivity contribution in [2.75, 3.05) is 27.3 Å². The molecule has 2 N–H and O–H groups in total. The van der Waals surface area contributed by atoms with Crippen LogP contribution in [0.5, 0.6) is 0 Å². The number of rotatable bonds is 2. The van der Waals surface area contributed by atoms with Crippen molar-refractivity contribution in [3.05, 3.63) is 47.5 Å². The van der Waals surface area contributed by atoms with Gasteiger partial charge in [0.25, 0.3) is 11.8 Å². The summed E-state index contributed by atoms with van der Waals surface area (Å²) in [6.45, 7) is 3.17. The Hall–Kier alpha value is -2.24. The highest BCUT2D eigenvalue weighted by Crippen LogP contribution is 2.29. The lowest BCUT2D eigenvalue weighted by Gasteiger charge is -2.25. The van der Waals surface area contributed by atoms with E-state index in [1.54, 1.807) is 12.1 Å². The molecule has 5 nitrogen and oxygen atoms in total. The lowest BCUT2D eigenvalue weighted by molar-refractivity contribution is 0.0615. The fraction of sp³-hybridized carbons (Fsp3) is 0.294. The van der Waals surface area contributed by atoms with Gasteiger partial charge in [0, 0.05) is 16.5 Å². The van der Waals surface area contributed by atoms with Gasteiger partial charge in [-0.2, -0.15) is 0 Å². The summed E-state index contributed by atoms with van der Waals surface area (Å²) in [5.74, 6) is -0.636. The molecule has 5 heteroatoms. The molecule has 22 heavy (non-hydrogen) atoms. The summed E-state index contributed by atoms with van der Waals surface area (Å²) in [5, 5.41) is 1.63. The van der Waals surface area contributed by atoms with Crippen LogP contribution in [0.25, 0.3) is 10.8 Å². The minimum Gasteiger partial charge on any atom is -0.313 e. The molecule has 2 aromatic rings. The Bertz CT molecular complexity index is 659. The normalized spacial score (nSPS) is 13.4. The van der Waals surface area contributed by atoms with E-state index in [1.165, 1.54) is 0 Å². The fourth-order valence-electron chi connectivity index (χ4n) is 2.25. The van der Waals surface area contributed by atoms with Gasteiger partial charge in [-0.15, -0.1) is 0 Å². The highest BCUT2D eigenvalue weighted by atomic mass is 16.2. The Morgan fingerprint density at radius 1 is 1.00 bits per heavy atom. The van der Waals surface area contributed by atoms with Crippen molar-refractivity contribution in [3.63, 3.8) is 0 Å². The molecule has 0 radical (unpaired) electrons. The van der Waals surface area contributed by atoms with Gasteiger partial charge in [0.05, 0.1) is 6.67 Å². The van der Waals surface area contributed by atoms with Crippen molar-refractivity contribution < 1.29 is 9.59 Å². The first-order chi connectivity index (χ1) is 10.5. The van der Waals surface area contributed by atoms with Gasteiger partial charge < -0.3 is 10.6 Å². The zero-order chi connectivity index (χ0) is 16.3. The molecule has 1 aliphatic rings. The van der Waals surface area contributed by atoms with E-state index in [2.05, 4.69) is 25.9 Å². The smallest absolute Gasteiger partial charge is 0.262 e. The van der Waals surface area contributed by atoms with Crippen LogP contribution >= 0.6 is 0 Å². The second-order valence-corrected chi connectivity index (χ2v) is 5.33. The van der Waals surface area contributed by atoms with Crippen molar-refractivity contribution >= 4 is 22.6 Å². The number of nitrogens with two attached hydrogens (primary N) is 1. The second kappa shape index (κ2) is 6.68. The molecular formula is C17H21N3O2. The molecule has 0 atom stereocenters. The Balaban J connectivity index is 0.000000309. The van der Waals surface area contributed by atoms with Gasteiger partial charge in [0.1, 0.15) is 0 Å². The minimum absolute atomic E-state index is 0.0949. The molecule has 0 saturated carbocycles. The van der Waals surface area contributed by atoms with Crippen LogP contribution < -0.4 is 5.73 Å². The summed E-state index contributed by atoms with van der Waals surface area (Å²) in [6, 6.07) is 10.8. The number of hydrogen-bond donors (Lipinski definition) is 1. The van der Waals surface area contributed by atoms with Crippen molar-refractivity contribution in [2.45, 2.75) is 6.92 Å². The van der Waals surface area contributed by atoms with Gasteiger partial charge in [-0.3, -0.25) is 14.5 Å². The predicted octanol–water partition coefficient (Wildman–Crippen LogP) is 1.92. The van der Waals surface area contributed by atoms with Gasteiger partial charge in [-0.25, -0.2) is 0 Å². The molecule has 0 unspecified atom stereocenters. The van der Waals surface area contributed by atoms with E-state index in [9.17, 15) is 9.59 Å². The standard InChI is InChI=1S/C13H10N2O2.C4H11N/c14-7-15-12(16)9-5-1-3-8-4-2-6-10(11(8)9)13(15)17;1-4-5(2)3/h1-6H,7,14H2;4H2,1-3H3. The summed E-state index contributed by atoms with van der Waals surface area (Å²) < 4.78 is 0. The molecule has 0 aliphatic carbocycles. The predicted molar refractivity (Wildman–Crippen MR) is 87.7 cm³/mol. The lowest BCUT2D eigenvalue weighted by atomic mass is 9.94. The maximum atomic E-state index is 12.1. The van der Waals surface area contributed by atoms with Gasteiger partial charge in [-0.05, 0) is 38.2 Å². The van der Waals surface area contributed by atoms with Crippen LogP contribution in [-0.4, -0.2) is 48.9 Å². The van der Waals surface area contributed by atoms with Crippen molar-refractivity contribution in [2.24, 2.45) is 5.73 Å². The summed E-state index contributed by atoms with van der Waals surface area (Å²) in [4.78, 5) is 27.3. The molecule has 0 fully saturated rings. The van der Waals surface area contributed by atoms with E-state index in [0.29, 0.717) is 11.1 Å². The number of carbonyl (C=O) groups excluding carboxylic acids is 2. The van der Waals surface area contributed by atoms with Crippen molar-refractivity contribution in [1.29, 1.82) is 0 Å². The molecule has 1 aliphatic heterocycles. The number of nitrogens with zero attached hydrogens (tertiary/aromatic N) is 2. The zero-order valence-corrected chi connectivity index (χ0v) is 13.2. The highest BCUT2D eigenvalue weighted by Gasteiger charge is 2.31. The summed E-state index contributed by atoms with van der Waals surface area (Å²) >= 11 is 0. The summed E-state index contributed by atoms with van der Waals surface area (Å²) in [6.07, 6.45) is 0. The van der Waals surface area contributed by atoms with E-state index in [0.717, 1.165) is 22.2 Å². The van der Waals surface area contributed by atoms with E-state index >= 15 is 0 Å². The van der Waals surface area contributed by atoms with Crippen LogP contribution in [0.3, 0.4) is 0 Å². The molecule has 1 heterocycles. The third-order valence-electron chi connectivity index (χ3n) is 3.67. The molecule has 2 aromatic carbocycles. The molecular weight excluding hydrogens is 278 g/mol. The number of amides is 2. The maximum absolute atomic E-state index is 12.1. The molecule has 0 spiro atoms. The number of carbonyl (C=O) groups is 2. The highest BCUT2D eigenvalue weighted by molar-refractivity contribution is 6.25. The monoisotopic (exact) mass is 299 g/mol. The first-order valence-electron chi connectivity index (χ1n) is 7.24. The van der Waals surface area contributed by atoms with Crippen LogP contribution in [0.4, 0.5) is 0 Å². The third-order valence-corrected chi connectivity index (χ3v) is 3.67. The van der Waals surface area contributed by atoms with Gasteiger partial charge in [0.2, 0.25) is 0 Å². The van der Waals surface area contributed by atoms with Gasteiger partial charge >= 0.3 is 0 Å². The Kier molecular flexibility index (Phi) is 4.90. The first-order valence-corrected chi connectivity index (χ1v) is 7.24. The molecule has 0 saturated heterocycles. The molecule has 0 bridgehead atoms. The third kappa shape index (κ3) is 2.86. The quantitative estimate of drug-likeness (QED) is 0.860. The average Bonchev–Trinajstić information content (AvgIpc) is 2.53. The lowest BCUT2D eigenvalue weighted by Crippen LogP contribution is -2.43. The number of imide groups is 1. The van der Waals surface area contributed by atoms with Crippen LogP contribution in [-0.2, 0) is 0 Å². The first kappa shape index (κ1) is 16.1. The van der Waals surface area contributed by atoms with Crippen molar-refractivity contribution in [3.8, 4) is 0 Å². The van der Waals surface area contributed by atoms with Gasteiger partial charge in [0.15, 0.2) is 0 Å². The average molecular weight is 299 g/mol. The maximum Gasteiger partial charge on any atom is 0.262 e. The topological polar surface area (TPSA) is 66.6 Å². The van der Waals surface area contributed by atoms with Crippen LogP contribution in [0, 0.1) is 0 Å². The Morgan fingerprint density at radius 3 is 1.82 bits per heavy atom. The molecule has 0 aromatic heterocycles.